The number of hydrogen-bond acceptors (Lipinski definition) is 5. The highest BCUT2D eigenvalue weighted by Crippen LogP contribution is 2.24. The summed E-state index contributed by atoms with van der Waals surface area (Å²) in [4.78, 5) is 13.6. The molecule has 2 aromatic rings. The van der Waals surface area contributed by atoms with Gasteiger partial charge in [0.15, 0.2) is 11.1 Å². The van der Waals surface area contributed by atoms with Crippen LogP contribution in [-0.2, 0) is 6.42 Å². The van der Waals surface area contributed by atoms with E-state index in [0.717, 1.165) is 55.1 Å². The average Bonchev–Trinajstić information content (AvgIpc) is 3.37. The first kappa shape index (κ1) is 24.0. The molecule has 2 heterocycles. The van der Waals surface area contributed by atoms with Gasteiger partial charge in [-0.3, -0.25) is 4.99 Å². The molecule has 1 aromatic heterocycles. The first-order valence-electron chi connectivity index (χ1n) is 9.65. The van der Waals surface area contributed by atoms with Gasteiger partial charge in [-0.1, -0.05) is 17.7 Å². The van der Waals surface area contributed by atoms with Crippen molar-refractivity contribution >= 4 is 58.0 Å². The molecule has 6 nitrogen and oxygen atoms in total. The molecule has 1 aromatic carbocycles. The molecule has 160 valence electrons. The van der Waals surface area contributed by atoms with Crippen molar-refractivity contribution in [1.82, 2.24) is 15.2 Å². The molecular weight excluding hydrogens is 521 g/mol. The fraction of sp³-hybridized carbons (Fsp3) is 0.500. The lowest BCUT2D eigenvalue weighted by Gasteiger charge is -2.22. The third-order valence-electron chi connectivity index (χ3n) is 4.65. The monoisotopic (exact) mass is 549 g/mol. The zero-order chi connectivity index (χ0) is 19.8. The standard InChI is InChI=1S/C20H28ClN5OS.HI/c1-22-19(25(2)12-13-27-18-7-5-6-16(21)14-18)23-9-8-17-15-28-20(24-17)26-10-3-4-11-26;/h5-7,14-15H,3-4,8-13H2,1-2H3,(H,22,23);1H. The molecule has 0 spiro atoms. The number of hydrogen-bond donors (Lipinski definition) is 1. The van der Waals surface area contributed by atoms with Crippen LogP contribution in [0.15, 0.2) is 34.6 Å². The Bertz CT molecular complexity index is 782. The molecule has 1 fully saturated rings. The molecule has 0 atom stereocenters. The van der Waals surface area contributed by atoms with Gasteiger partial charge in [-0.25, -0.2) is 4.98 Å². The second-order valence-corrected chi connectivity index (χ2v) is 8.04. The first-order valence-corrected chi connectivity index (χ1v) is 10.9. The summed E-state index contributed by atoms with van der Waals surface area (Å²) in [7, 11) is 3.80. The predicted octanol–water partition coefficient (Wildman–Crippen LogP) is 4.14. The lowest BCUT2D eigenvalue weighted by molar-refractivity contribution is 0.281. The number of anilines is 1. The van der Waals surface area contributed by atoms with Crippen LogP contribution in [0.2, 0.25) is 5.02 Å². The summed E-state index contributed by atoms with van der Waals surface area (Å²) < 4.78 is 5.76. The molecule has 1 aliphatic heterocycles. The van der Waals surface area contributed by atoms with Crippen molar-refractivity contribution in [1.29, 1.82) is 0 Å². The lowest BCUT2D eigenvalue weighted by atomic mass is 10.3. The molecule has 29 heavy (non-hydrogen) atoms. The first-order chi connectivity index (χ1) is 13.7. The second kappa shape index (κ2) is 12.4. The molecule has 1 aliphatic rings. The van der Waals surface area contributed by atoms with Crippen molar-refractivity contribution in [2.45, 2.75) is 19.3 Å². The number of nitrogens with zero attached hydrogens (tertiary/aromatic N) is 4. The SMILES string of the molecule is CN=C(NCCc1csc(N2CCCC2)n1)N(C)CCOc1cccc(Cl)c1.I. The largest absolute Gasteiger partial charge is 0.492 e. The van der Waals surface area contributed by atoms with Gasteiger partial charge in [0.2, 0.25) is 0 Å². The van der Waals surface area contributed by atoms with E-state index in [1.807, 2.05) is 31.3 Å². The number of thiazole rings is 1. The maximum absolute atomic E-state index is 5.98. The van der Waals surface area contributed by atoms with Gasteiger partial charge in [0.25, 0.3) is 0 Å². The Kier molecular flexibility index (Phi) is 10.3. The van der Waals surface area contributed by atoms with Gasteiger partial charge in [-0.2, -0.15) is 0 Å². The number of aliphatic imine (C=N–C) groups is 1. The number of nitrogens with one attached hydrogen (secondary N) is 1. The zero-order valence-corrected chi connectivity index (χ0v) is 20.8. The van der Waals surface area contributed by atoms with Gasteiger partial charge in [0, 0.05) is 50.6 Å². The van der Waals surface area contributed by atoms with Crippen LogP contribution < -0.4 is 15.0 Å². The predicted molar refractivity (Wildman–Crippen MR) is 134 cm³/mol. The van der Waals surface area contributed by atoms with Crippen molar-refractivity contribution in [3.63, 3.8) is 0 Å². The number of benzene rings is 1. The summed E-state index contributed by atoms with van der Waals surface area (Å²) in [5.41, 5.74) is 1.14. The van der Waals surface area contributed by atoms with Gasteiger partial charge in [0.1, 0.15) is 12.4 Å². The molecule has 0 bridgehead atoms. The molecule has 1 saturated heterocycles. The Balaban J connectivity index is 0.00000300. The second-order valence-electron chi connectivity index (χ2n) is 6.77. The number of halogens is 2. The number of rotatable bonds is 8. The van der Waals surface area contributed by atoms with Crippen LogP contribution in [0.5, 0.6) is 5.75 Å². The van der Waals surface area contributed by atoms with Crippen LogP contribution >= 0.6 is 46.9 Å². The minimum atomic E-state index is 0. The molecule has 3 rings (SSSR count). The molecule has 0 radical (unpaired) electrons. The number of ether oxygens (including phenoxy) is 1. The Hall–Kier alpha value is -1.26. The van der Waals surface area contributed by atoms with Gasteiger partial charge in [-0.15, -0.1) is 35.3 Å². The van der Waals surface area contributed by atoms with Crippen molar-refractivity contribution in [2.24, 2.45) is 4.99 Å². The lowest BCUT2D eigenvalue weighted by Crippen LogP contribution is -2.41. The van der Waals surface area contributed by atoms with E-state index in [1.165, 1.54) is 12.8 Å². The maximum atomic E-state index is 5.98. The number of likely N-dealkylation sites (N-methyl/N-ethyl adjacent to an activating group) is 1. The molecule has 9 heteroatoms. The summed E-state index contributed by atoms with van der Waals surface area (Å²) in [6, 6.07) is 7.44. The summed E-state index contributed by atoms with van der Waals surface area (Å²) in [6.45, 7) is 4.36. The molecule has 0 unspecified atom stereocenters. The van der Waals surface area contributed by atoms with Gasteiger partial charge < -0.3 is 19.9 Å². The van der Waals surface area contributed by atoms with Crippen molar-refractivity contribution < 1.29 is 4.74 Å². The fourth-order valence-corrected chi connectivity index (χ4v) is 4.21. The van der Waals surface area contributed by atoms with E-state index in [2.05, 4.69) is 25.5 Å². The minimum Gasteiger partial charge on any atom is -0.492 e. The number of guanidine groups is 1. The van der Waals surface area contributed by atoms with Gasteiger partial charge >= 0.3 is 0 Å². The zero-order valence-electron chi connectivity index (χ0n) is 16.9. The van der Waals surface area contributed by atoms with E-state index in [0.29, 0.717) is 11.6 Å². The third kappa shape index (κ3) is 7.49. The topological polar surface area (TPSA) is 53.0 Å². The van der Waals surface area contributed by atoms with E-state index in [9.17, 15) is 0 Å². The quantitative estimate of drug-likeness (QED) is 0.305. The molecule has 0 amide bonds. The van der Waals surface area contributed by atoms with Crippen LogP contribution in [0.3, 0.4) is 0 Å². The summed E-state index contributed by atoms with van der Waals surface area (Å²) in [5.74, 6) is 1.63. The average molecular weight is 550 g/mol. The van der Waals surface area contributed by atoms with Gasteiger partial charge in [0.05, 0.1) is 12.2 Å². The highest BCUT2D eigenvalue weighted by molar-refractivity contribution is 14.0. The molecule has 0 aliphatic carbocycles. The smallest absolute Gasteiger partial charge is 0.193 e. The highest BCUT2D eigenvalue weighted by Gasteiger charge is 2.15. The Morgan fingerprint density at radius 2 is 2.17 bits per heavy atom. The molecular formula is C20H29ClIN5OS. The van der Waals surface area contributed by atoms with Crippen LogP contribution in [0.1, 0.15) is 18.5 Å². The summed E-state index contributed by atoms with van der Waals surface area (Å²) in [6.07, 6.45) is 3.44. The summed E-state index contributed by atoms with van der Waals surface area (Å²) >= 11 is 7.73. The van der Waals surface area contributed by atoms with E-state index in [-0.39, 0.29) is 24.0 Å². The van der Waals surface area contributed by atoms with Crippen LogP contribution in [0.25, 0.3) is 0 Å². The van der Waals surface area contributed by atoms with Crippen molar-refractivity contribution in [3.05, 3.63) is 40.4 Å². The highest BCUT2D eigenvalue weighted by atomic mass is 127. The van der Waals surface area contributed by atoms with Crippen LogP contribution in [0, 0.1) is 0 Å². The Morgan fingerprint density at radius 1 is 1.38 bits per heavy atom. The van der Waals surface area contributed by atoms with E-state index in [1.54, 1.807) is 18.4 Å². The fourth-order valence-electron chi connectivity index (χ4n) is 3.11. The van der Waals surface area contributed by atoms with Crippen molar-refractivity contribution in [3.8, 4) is 5.75 Å². The van der Waals surface area contributed by atoms with E-state index < -0.39 is 0 Å². The van der Waals surface area contributed by atoms with Crippen LogP contribution in [0.4, 0.5) is 5.13 Å². The number of aromatic nitrogens is 1. The normalized spacial score (nSPS) is 13.9. The maximum Gasteiger partial charge on any atom is 0.193 e. The van der Waals surface area contributed by atoms with Crippen LogP contribution in [-0.4, -0.2) is 62.7 Å². The Morgan fingerprint density at radius 3 is 2.90 bits per heavy atom. The minimum absolute atomic E-state index is 0. The van der Waals surface area contributed by atoms with Crippen molar-refractivity contribution in [2.75, 3.05) is 51.8 Å². The van der Waals surface area contributed by atoms with E-state index in [4.69, 9.17) is 21.3 Å². The van der Waals surface area contributed by atoms with Gasteiger partial charge in [-0.05, 0) is 31.0 Å². The molecule has 0 saturated carbocycles. The Labute approximate surface area is 199 Å². The third-order valence-corrected chi connectivity index (χ3v) is 5.83. The molecule has 1 N–H and O–H groups in total. The summed E-state index contributed by atoms with van der Waals surface area (Å²) in [5, 5.41) is 7.41. The van der Waals surface area contributed by atoms with E-state index >= 15 is 0 Å².